The molecular weight excluding hydrogens is 282 g/mol. The first-order chi connectivity index (χ1) is 10.6. The molecule has 2 N–H and O–H groups in total. The Bertz CT molecular complexity index is 612. The summed E-state index contributed by atoms with van der Waals surface area (Å²) >= 11 is 0. The van der Waals surface area contributed by atoms with Gasteiger partial charge in [0.2, 0.25) is 0 Å². The van der Waals surface area contributed by atoms with Crippen molar-refractivity contribution in [1.29, 1.82) is 0 Å². The molecule has 1 aromatic carbocycles. The molecule has 0 saturated carbocycles. The van der Waals surface area contributed by atoms with Crippen molar-refractivity contribution in [3.05, 3.63) is 35.2 Å². The summed E-state index contributed by atoms with van der Waals surface area (Å²) in [6.07, 6.45) is 0.885. The Labute approximate surface area is 129 Å². The van der Waals surface area contributed by atoms with Gasteiger partial charge in [-0.2, -0.15) is 5.21 Å². The highest BCUT2D eigenvalue weighted by Gasteiger charge is 2.15. The molecule has 0 aliphatic carbocycles. The zero-order valence-corrected chi connectivity index (χ0v) is 13.1. The van der Waals surface area contributed by atoms with Crippen LogP contribution in [0.5, 0.6) is 5.75 Å². The van der Waals surface area contributed by atoms with Gasteiger partial charge in [0, 0.05) is 13.0 Å². The molecule has 1 amide bonds. The van der Waals surface area contributed by atoms with E-state index in [9.17, 15) is 4.79 Å². The van der Waals surface area contributed by atoms with Crippen molar-refractivity contribution in [2.75, 3.05) is 6.54 Å². The summed E-state index contributed by atoms with van der Waals surface area (Å²) in [6.45, 7) is 6.25. The second-order valence-corrected chi connectivity index (χ2v) is 5.25. The summed E-state index contributed by atoms with van der Waals surface area (Å²) in [5.74, 6) is 1.26. The molecule has 1 heterocycles. The topological polar surface area (TPSA) is 92.8 Å². The number of aromatic amines is 1. The average Bonchev–Trinajstić information content (AvgIpc) is 3.00. The molecule has 0 saturated heterocycles. The standard InChI is InChI=1S/C15H21N5O2/c1-10-6-7-11(2)13(9-10)22-12(3)15(21)16-8-4-5-14-17-19-20-18-14/h6-7,9,12H,4-5,8H2,1-3H3,(H,16,21)(H,17,18,19,20). The molecule has 1 unspecified atom stereocenters. The first-order valence-electron chi connectivity index (χ1n) is 7.30. The summed E-state index contributed by atoms with van der Waals surface area (Å²) in [7, 11) is 0. The number of rotatable bonds is 7. The predicted molar refractivity (Wildman–Crippen MR) is 81.5 cm³/mol. The molecule has 0 bridgehead atoms. The first-order valence-corrected chi connectivity index (χ1v) is 7.30. The van der Waals surface area contributed by atoms with Crippen molar-refractivity contribution in [3.8, 4) is 5.75 Å². The van der Waals surface area contributed by atoms with Gasteiger partial charge < -0.3 is 10.1 Å². The number of tetrazole rings is 1. The molecule has 0 aliphatic heterocycles. The van der Waals surface area contributed by atoms with Gasteiger partial charge in [-0.3, -0.25) is 4.79 Å². The summed E-state index contributed by atoms with van der Waals surface area (Å²) < 4.78 is 5.74. The molecule has 118 valence electrons. The van der Waals surface area contributed by atoms with Crippen molar-refractivity contribution >= 4 is 5.91 Å². The van der Waals surface area contributed by atoms with Crippen LogP contribution in [-0.4, -0.2) is 39.2 Å². The molecule has 2 aromatic rings. The molecule has 0 spiro atoms. The van der Waals surface area contributed by atoms with Crippen molar-refractivity contribution in [2.45, 2.75) is 39.7 Å². The van der Waals surface area contributed by atoms with Crippen LogP contribution in [0.2, 0.25) is 0 Å². The Morgan fingerprint density at radius 1 is 1.41 bits per heavy atom. The van der Waals surface area contributed by atoms with Gasteiger partial charge in [0.15, 0.2) is 11.9 Å². The maximum atomic E-state index is 12.0. The van der Waals surface area contributed by atoms with Crippen LogP contribution >= 0.6 is 0 Å². The minimum atomic E-state index is -0.536. The van der Waals surface area contributed by atoms with Crippen LogP contribution in [0.25, 0.3) is 0 Å². The summed E-state index contributed by atoms with van der Waals surface area (Å²) in [4.78, 5) is 12.0. The number of ether oxygens (including phenoxy) is 1. The highest BCUT2D eigenvalue weighted by Crippen LogP contribution is 2.20. The third kappa shape index (κ3) is 4.54. The van der Waals surface area contributed by atoms with Crippen molar-refractivity contribution < 1.29 is 9.53 Å². The highest BCUT2D eigenvalue weighted by atomic mass is 16.5. The first kappa shape index (κ1) is 15.9. The second kappa shape index (κ2) is 7.53. The zero-order valence-electron chi connectivity index (χ0n) is 13.1. The van der Waals surface area contributed by atoms with E-state index in [4.69, 9.17) is 4.74 Å². The van der Waals surface area contributed by atoms with E-state index in [1.165, 1.54) is 0 Å². The van der Waals surface area contributed by atoms with Gasteiger partial charge in [-0.1, -0.05) is 17.3 Å². The minimum absolute atomic E-state index is 0.131. The quantitative estimate of drug-likeness (QED) is 0.753. The SMILES string of the molecule is Cc1ccc(C)c(OC(C)C(=O)NCCCc2nn[nH]n2)c1. The molecule has 0 radical (unpaired) electrons. The van der Waals surface area contributed by atoms with Gasteiger partial charge in [0.25, 0.3) is 5.91 Å². The van der Waals surface area contributed by atoms with Crippen LogP contribution in [0, 0.1) is 13.8 Å². The van der Waals surface area contributed by atoms with Crippen LogP contribution in [0.4, 0.5) is 0 Å². The lowest BCUT2D eigenvalue weighted by molar-refractivity contribution is -0.127. The van der Waals surface area contributed by atoms with Gasteiger partial charge >= 0.3 is 0 Å². The lowest BCUT2D eigenvalue weighted by Gasteiger charge is -2.16. The number of nitrogens with one attached hydrogen (secondary N) is 2. The van der Waals surface area contributed by atoms with Crippen LogP contribution in [0.3, 0.4) is 0 Å². The van der Waals surface area contributed by atoms with Crippen LogP contribution in [-0.2, 0) is 11.2 Å². The fraction of sp³-hybridized carbons (Fsp3) is 0.467. The smallest absolute Gasteiger partial charge is 0.260 e. The van der Waals surface area contributed by atoms with E-state index >= 15 is 0 Å². The Kier molecular flexibility index (Phi) is 5.46. The average molecular weight is 303 g/mol. The number of carbonyl (C=O) groups excluding carboxylic acids is 1. The van der Waals surface area contributed by atoms with Crippen LogP contribution in [0.15, 0.2) is 18.2 Å². The lowest BCUT2D eigenvalue weighted by Crippen LogP contribution is -2.37. The van der Waals surface area contributed by atoms with E-state index in [0.29, 0.717) is 18.8 Å². The number of aromatic nitrogens is 4. The van der Waals surface area contributed by atoms with Crippen LogP contribution < -0.4 is 10.1 Å². The fourth-order valence-corrected chi connectivity index (χ4v) is 1.97. The molecular formula is C15H21N5O2. The predicted octanol–water partition coefficient (Wildman–Crippen LogP) is 1.33. The van der Waals surface area contributed by atoms with Gasteiger partial charge in [0.05, 0.1) is 0 Å². The van der Waals surface area contributed by atoms with E-state index < -0.39 is 6.10 Å². The van der Waals surface area contributed by atoms with Gasteiger partial charge in [-0.25, -0.2) is 0 Å². The molecule has 2 rings (SSSR count). The maximum absolute atomic E-state index is 12.0. The van der Waals surface area contributed by atoms with Crippen molar-refractivity contribution in [3.63, 3.8) is 0 Å². The summed E-state index contributed by atoms with van der Waals surface area (Å²) in [5, 5.41) is 16.4. The van der Waals surface area contributed by atoms with E-state index in [-0.39, 0.29) is 5.91 Å². The normalized spacial score (nSPS) is 12.0. The third-order valence-electron chi connectivity index (χ3n) is 3.28. The Hall–Kier alpha value is -2.44. The minimum Gasteiger partial charge on any atom is -0.481 e. The van der Waals surface area contributed by atoms with Crippen molar-refractivity contribution in [1.82, 2.24) is 25.9 Å². The molecule has 0 aliphatic rings. The van der Waals surface area contributed by atoms with Gasteiger partial charge in [0.1, 0.15) is 5.75 Å². The van der Waals surface area contributed by atoms with E-state index in [1.807, 2.05) is 32.0 Å². The molecule has 22 heavy (non-hydrogen) atoms. The monoisotopic (exact) mass is 303 g/mol. The Morgan fingerprint density at radius 3 is 2.95 bits per heavy atom. The summed E-state index contributed by atoms with van der Waals surface area (Å²) in [6, 6.07) is 5.94. The fourth-order valence-electron chi connectivity index (χ4n) is 1.97. The number of aryl methyl sites for hydroxylation is 3. The lowest BCUT2D eigenvalue weighted by atomic mass is 10.1. The summed E-state index contributed by atoms with van der Waals surface area (Å²) in [5.41, 5.74) is 2.12. The number of carbonyl (C=O) groups is 1. The molecule has 7 nitrogen and oxygen atoms in total. The number of hydrogen-bond donors (Lipinski definition) is 2. The molecule has 0 fully saturated rings. The van der Waals surface area contributed by atoms with E-state index in [0.717, 1.165) is 23.3 Å². The highest BCUT2D eigenvalue weighted by molar-refractivity contribution is 5.80. The number of amides is 1. The van der Waals surface area contributed by atoms with Gasteiger partial charge in [-0.05, 0) is 44.4 Å². The van der Waals surface area contributed by atoms with E-state index in [2.05, 4.69) is 25.9 Å². The molecule has 1 atom stereocenters. The Morgan fingerprint density at radius 2 is 2.23 bits per heavy atom. The van der Waals surface area contributed by atoms with Gasteiger partial charge in [-0.15, -0.1) is 10.2 Å². The van der Waals surface area contributed by atoms with Crippen molar-refractivity contribution in [2.24, 2.45) is 0 Å². The third-order valence-corrected chi connectivity index (χ3v) is 3.28. The second-order valence-electron chi connectivity index (χ2n) is 5.25. The number of H-pyrrole nitrogens is 1. The van der Waals surface area contributed by atoms with Crippen LogP contribution in [0.1, 0.15) is 30.3 Å². The number of benzene rings is 1. The largest absolute Gasteiger partial charge is 0.481 e. The number of nitrogens with zero attached hydrogens (tertiary/aromatic N) is 3. The zero-order chi connectivity index (χ0) is 15.9. The Balaban J connectivity index is 1.75. The number of hydrogen-bond acceptors (Lipinski definition) is 5. The maximum Gasteiger partial charge on any atom is 0.260 e. The van der Waals surface area contributed by atoms with E-state index in [1.54, 1.807) is 6.92 Å². The molecule has 1 aromatic heterocycles. The molecule has 7 heteroatoms.